The van der Waals surface area contributed by atoms with Crippen LogP contribution in [0.3, 0.4) is 0 Å². The number of amides is 1. The lowest BCUT2D eigenvalue weighted by molar-refractivity contribution is -0.145. The van der Waals surface area contributed by atoms with E-state index in [0.717, 1.165) is 31.5 Å². The summed E-state index contributed by atoms with van der Waals surface area (Å²) in [5.74, 6) is -0.839. The fourth-order valence-electron chi connectivity index (χ4n) is 4.64. The van der Waals surface area contributed by atoms with E-state index in [0.29, 0.717) is 12.3 Å². The summed E-state index contributed by atoms with van der Waals surface area (Å²) in [6.07, 6.45) is 13.7. The SMILES string of the molecule is C[C@@]12CCCC[C@@H]1CN(C(=O)C[C@H](CC1=CCCC=C1)C(=O)O)C2. The molecule has 0 radical (unpaired) electrons. The van der Waals surface area contributed by atoms with Crippen molar-refractivity contribution < 1.29 is 14.7 Å². The van der Waals surface area contributed by atoms with E-state index < -0.39 is 11.9 Å². The van der Waals surface area contributed by atoms with Crippen LogP contribution in [0, 0.1) is 17.3 Å². The fraction of sp³-hybridized carbons (Fsp3) is 0.700. The minimum absolute atomic E-state index is 0.0263. The molecule has 24 heavy (non-hydrogen) atoms. The summed E-state index contributed by atoms with van der Waals surface area (Å²) in [6, 6.07) is 0. The molecule has 1 amide bonds. The van der Waals surface area contributed by atoms with Gasteiger partial charge < -0.3 is 10.0 Å². The molecule has 132 valence electrons. The molecular weight excluding hydrogens is 302 g/mol. The molecule has 0 spiro atoms. The Morgan fingerprint density at radius 3 is 2.88 bits per heavy atom. The Labute approximate surface area is 144 Å². The Hall–Kier alpha value is -1.58. The minimum atomic E-state index is -0.856. The number of hydrogen-bond acceptors (Lipinski definition) is 2. The van der Waals surface area contributed by atoms with Gasteiger partial charge in [-0.1, -0.05) is 43.6 Å². The highest BCUT2D eigenvalue weighted by atomic mass is 16.4. The second-order valence-electron chi connectivity index (χ2n) is 8.07. The van der Waals surface area contributed by atoms with E-state index in [1.807, 2.05) is 11.0 Å². The molecule has 1 heterocycles. The molecule has 0 unspecified atom stereocenters. The minimum Gasteiger partial charge on any atom is -0.481 e. The van der Waals surface area contributed by atoms with Gasteiger partial charge in [-0.25, -0.2) is 0 Å². The highest BCUT2D eigenvalue weighted by molar-refractivity contribution is 5.82. The fourth-order valence-corrected chi connectivity index (χ4v) is 4.64. The van der Waals surface area contributed by atoms with Crippen molar-refractivity contribution in [1.29, 1.82) is 0 Å². The lowest BCUT2D eigenvalue weighted by atomic mass is 9.70. The van der Waals surface area contributed by atoms with E-state index in [4.69, 9.17) is 0 Å². The zero-order valence-corrected chi connectivity index (χ0v) is 14.7. The van der Waals surface area contributed by atoms with Crippen LogP contribution in [0.2, 0.25) is 0 Å². The van der Waals surface area contributed by atoms with E-state index in [9.17, 15) is 14.7 Å². The van der Waals surface area contributed by atoms with Crippen molar-refractivity contribution in [2.75, 3.05) is 13.1 Å². The van der Waals surface area contributed by atoms with E-state index in [1.54, 1.807) is 0 Å². The maximum atomic E-state index is 12.7. The molecule has 0 aromatic carbocycles. The van der Waals surface area contributed by atoms with Crippen molar-refractivity contribution in [1.82, 2.24) is 4.90 Å². The molecule has 0 aromatic heterocycles. The van der Waals surface area contributed by atoms with Gasteiger partial charge in [-0.2, -0.15) is 0 Å². The average Bonchev–Trinajstić information content (AvgIpc) is 2.92. The molecule has 1 saturated carbocycles. The lowest BCUT2D eigenvalue weighted by Crippen LogP contribution is -2.34. The molecule has 1 saturated heterocycles. The van der Waals surface area contributed by atoms with Crippen molar-refractivity contribution >= 4 is 11.9 Å². The van der Waals surface area contributed by atoms with Crippen LogP contribution < -0.4 is 0 Å². The second-order valence-corrected chi connectivity index (χ2v) is 8.07. The molecule has 3 atom stereocenters. The Kier molecular flexibility index (Phi) is 5.12. The maximum Gasteiger partial charge on any atom is 0.307 e. The Morgan fingerprint density at radius 2 is 2.21 bits per heavy atom. The highest BCUT2D eigenvalue weighted by Gasteiger charge is 2.45. The largest absolute Gasteiger partial charge is 0.481 e. The summed E-state index contributed by atoms with van der Waals surface area (Å²) >= 11 is 0. The molecule has 1 N–H and O–H groups in total. The highest BCUT2D eigenvalue weighted by Crippen LogP contribution is 2.46. The Morgan fingerprint density at radius 1 is 1.38 bits per heavy atom. The summed E-state index contributed by atoms with van der Waals surface area (Å²) in [6.45, 7) is 3.94. The zero-order valence-electron chi connectivity index (χ0n) is 14.7. The van der Waals surface area contributed by atoms with Gasteiger partial charge in [0.25, 0.3) is 0 Å². The normalized spacial score (nSPS) is 30.6. The summed E-state index contributed by atoms with van der Waals surface area (Å²) in [5.41, 5.74) is 1.31. The number of carbonyl (C=O) groups excluding carboxylic acids is 1. The number of hydrogen-bond donors (Lipinski definition) is 1. The van der Waals surface area contributed by atoms with Crippen molar-refractivity contribution in [2.45, 2.75) is 58.3 Å². The first kappa shape index (κ1) is 17.2. The van der Waals surface area contributed by atoms with Crippen molar-refractivity contribution in [3.63, 3.8) is 0 Å². The Balaban J connectivity index is 1.60. The molecule has 2 aliphatic carbocycles. The van der Waals surface area contributed by atoms with Crippen LogP contribution in [0.5, 0.6) is 0 Å². The molecule has 4 nitrogen and oxygen atoms in total. The smallest absolute Gasteiger partial charge is 0.307 e. The first-order valence-corrected chi connectivity index (χ1v) is 9.34. The van der Waals surface area contributed by atoms with Crippen molar-refractivity contribution in [3.8, 4) is 0 Å². The number of allylic oxidation sites excluding steroid dienone is 4. The number of aliphatic carboxylic acids is 1. The number of carboxylic acids is 1. The van der Waals surface area contributed by atoms with Gasteiger partial charge in [-0.3, -0.25) is 9.59 Å². The molecular formula is C20H29NO3. The number of likely N-dealkylation sites (tertiary alicyclic amines) is 1. The van der Waals surface area contributed by atoms with Gasteiger partial charge in [0.1, 0.15) is 0 Å². The molecule has 1 aliphatic heterocycles. The molecule has 2 fully saturated rings. The van der Waals surface area contributed by atoms with Crippen molar-refractivity contribution in [3.05, 3.63) is 23.8 Å². The summed E-state index contributed by atoms with van der Waals surface area (Å²) in [7, 11) is 0. The van der Waals surface area contributed by atoms with Crippen LogP contribution >= 0.6 is 0 Å². The second kappa shape index (κ2) is 7.12. The summed E-state index contributed by atoms with van der Waals surface area (Å²) < 4.78 is 0. The van der Waals surface area contributed by atoms with E-state index in [-0.39, 0.29) is 17.7 Å². The van der Waals surface area contributed by atoms with Gasteiger partial charge in [-0.15, -0.1) is 0 Å². The zero-order chi connectivity index (χ0) is 17.2. The van der Waals surface area contributed by atoms with Crippen LogP contribution in [0.4, 0.5) is 0 Å². The molecule has 0 bridgehead atoms. The number of rotatable bonds is 5. The topological polar surface area (TPSA) is 57.6 Å². The maximum absolute atomic E-state index is 12.7. The Bertz CT molecular complexity index is 565. The van der Waals surface area contributed by atoms with Crippen LogP contribution in [0.1, 0.15) is 58.3 Å². The molecule has 3 aliphatic rings. The third kappa shape index (κ3) is 3.73. The van der Waals surface area contributed by atoms with Gasteiger partial charge >= 0.3 is 5.97 Å². The molecule has 4 heteroatoms. The van der Waals surface area contributed by atoms with E-state index >= 15 is 0 Å². The molecule has 0 aromatic rings. The summed E-state index contributed by atoms with van der Waals surface area (Å²) in [4.78, 5) is 26.3. The quantitative estimate of drug-likeness (QED) is 0.834. The van der Waals surface area contributed by atoms with E-state index in [2.05, 4.69) is 19.1 Å². The van der Waals surface area contributed by atoms with Gasteiger partial charge in [0.05, 0.1) is 5.92 Å². The molecule has 3 rings (SSSR count). The standard InChI is InChI=1S/C20H29NO3/c1-20-10-6-5-9-17(20)13-21(14-20)18(22)12-16(19(23)24)11-15-7-3-2-4-8-15/h3,7-8,16-17H,2,4-6,9-14H2,1H3,(H,23,24)/t16-,17+,20-/m0/s1. The van der Waals surface area contributed by atoms with Crippen LogP contribution in [0.25, 0.3) is 0 Å². The average molecular weight is 331 g/mol. The summed E-state index contributed by atoms with van der Waals surface area (Å²) in [5, 5.41) is 9.53. The van der Waals surface area contributed by atoms with Crippen LogP contribution in [-0.2, 0) is 9.59 Å². The van der Waals surface area contributed by atoms with Gasteiger partial charge in [0.15, 0.2) is 0 Å². The lowest BCUT2D eigenvalue weighted by Gasteiger charge is -2.34. The number of carboxylic acid groups (broad SMARTS) is 1. The predicted octanol–water partition coefficient (Wildman–Crippen LogP) is 3.78. The first-order chi connectivity index (χ1) is 11.5. The van der Waals surface area contributed by atoms with Gasteiger partial charge in [0.2, 0.25) is 5.91 Å². The number of fused-ring (bicyclic) bond motifs is 1. The van der Waals surface area contributed by atoms with Crippen LogP contribution in [-0.4, -0.2) is 35.0 Å². The van der Waals surface area contributed by atoms with Crippen molar-refractivity contribution in [2.24, 2.45) is 17.3 Å². The van der Waals surface area contributed by atoms with Gasteiger partial charge in [0, 0.05) is 19.5 Å². The van der Waals surface area contributed by atoms with Crippen LogP contribution in [0.15, 0.2) is 23.8 Å². The predicted molar refractivity (Wildman–Crippen MR) is 93.5 cm³/mol. The van der Waals surface area contributed by atoms with Gasteiger partial charge in [-0.05, 0) is 43.4 Å². The third-order valence-electron chi connectivity index (χ3n) is 6.21. The third-order valence-corrected chi connectivity index (χ3v) is 6.21. The number of nitrogens with zero attached hydrogens (tertiary/aromatic N) is 1. The monoisotopic (exact) mass is 331 g/mol. The number of carbonyl (C=O) groups is 2. The first-order valence-electron chi connectivity index (χ1n) is 9.34. The van der Waals surface area contributed by atoms with E-state index in [1.165, 1.54) is 25.7 Å².